The first-order chi connectivity index (χ1) is 21.5. The molecule has 0 aliphatic heterocycles. The average Bonchev–Trinajstić information content (AvgIpc) is 3.00. The second-order valence-corrected chi connectivity index (χ2v) is 13.3. The Labute approximate surface area is 273 Å². The first-order valence-electron chi connectivity index (χ1n) is 19.3. The summed E-state index contributed by atoms with van der Waals surface area (Å²) in [5, 5.41) is 15.2. The number of hydrogen-bond donors (Lipinski definition) is 3. The molecule has 0 bridgehead atoms. The van der Waals surface area contributed by atoms with Crippen molar-refractivity contribution in [3.05, 3.63) is 0 Å². The molecular formula is C38H74N2O4. The van der Waals surface area contributed by atoms with Crippen LogP contribution in [0.3, 0.4) is 0 Å². The predicted molar refractivity (Wildman–Crippen MR) is 187 cm³/mol. The quantitative estimate of drug-likeness (QED) is 0.0613. The van der Waals surface area contributed by atoms with E-state index >= 15 is 0 Å². The van der Waals surface area contributed by atoms with Gasteiger partial charge in [-0.3, -0.25) is 9.59 Å². The number of hydrogen-bond acceptors (Lipinski definition) is 3. The number of carboxylic acids is 1. The lowest BCUT2D eigenvalue weighted by Gasteiger charge is -2.14. The van der Waals surface area contributed by atoms with Crippen LogP contribution < -0.4 is 10.6 Å². The molecule has 44 heavy (non-hydrogen) atoms. The van der Waals surface area contributed by atoms with Crippen molar-refractivity contribution in [1.29, 1.82) is 0 Å². The summed E-state index contributed by atoms with van der Waals surface area (Å²) in [4.78, 5) is 36.0. The van der Waals surface area contributed by atoms with Crippen LogP contribution in [0.15, 0.2) is 0 Å². The van der Waals surface area contributed by atoms with Gasteiger partial charge in [0.1, 0.15) is 6.04 Å². The first kappa shape index (κ1) is 42.4. The third kappa shape index (κ3) is 31.8. The lowest BCUT2D eigenvalue weighted by molar-refractivity contribution is -0.142. The van der Waals surface area contributed by atoms with Crippen LogP contribution >= 0.6 is 0 Å². The highest BCUT2D eigenvalue weighted by atomic mass is 16.4. The molecule has 3 N–H and O–H groups in total. The predicted octanol–water partition coefficient (Wildman–Crippen LogP) is 10.8. The van der Waals surface area contributed by atoms with Crippen LogP contribution in [0.5, 0.6) is 0 Å². The van der Waals surface area contributed by atoms with E-state index in [0.29, 0.717) is 32.2 Å². The van der Waals surface area contributed by atoms with Crippen LogP contribution in [0.4, 0.5) is 0 Å². The van der Waals surface area contributed by atoms with E-state index in [-0.39, 0.29) is 11.8 Å². The lowest BCUT2D eigenvalue weighted by Crippen LogP contribution is -2.40. The highest BCUT2D eigenvalue weighted by Gasteiger charge is 2.19. The molecule has 0 saturated heterocycles. The van der Waals surface area contributed by atoms with Gasteiger partial charge in [0.25, 0.3) is 0 Å². The summed E-state index contributed by atoms with van der Waals surface area (Å²) in [7, 11) is 0. The van der Waals surface area contributed by atoms with Crippen LogP contribution in [-0.2, 0) is 14.4 Å². The number of amides is 2. The molecule has 0 aliphatic carbocycles. The molecule has 0 spiro atoms. The number of unbranched alkanes of at least 4 members (excludes halogenated alkanes) is 25. The SMILES string of the molecule is CCCCCCCCCCCCCCCCCC(=O)NCCCC[C@H](NC(=O)CCCCCCCCCCCCC)C(=O)O. The Morgan fingerprint density at radius 1 is 0.455 bits per heavy atom. The summed E-state index contributed by atoms with van der Waals surface area (Å²) in [6, 6.07) is -0.841. The molecule has 260 valence electrons. The zero-order chi connectivity index (χ0) is 32.4. The van der Waals surface area contributed by atoms with Crippen molar-refractivity contribution in [2.45, 2.75) is 219 Å². The summed E-state index contributed by atoms with van der Waals surface area (Å²) >= 11 is 0. The molecule has 0 aromatic rings. The highest BCUT2D eigenvalue weighted by molar-refractivity contribution is 5.83. The Kier molecular flexibility index (Phi) is 33.0. The third-order valence-corrected chi connectivity index (χ3v) is 8.89. The Hall–Kier alpha value is -1.59. The first-order valence-corrected chi connectivity index (χ1v) is 19.3. The second-order valence-electron chi connectivity index (χ2n) is 13.3. The summed E-state index contributed by atoms with van der Waals surface area (Å²) < 4.78 is 0. The Balaban J connectivity index is 3.58. The van der Waals surface area contributed by atoms with Gasteiger partial charge >= 0.3 is 5.97 Å². The maximum absolute atomic E-state index is 12.2. The average molecular weight is 623 g/mol. The largest absolute Gasteiger partial charge is 0.480 e. The molecule has 0 radical (unpaired) electrons. The molecule has 0 saturated carbocycles. The fourth-order valence-electron chi connectivity index (χ4n) is 5.92. The summed E-state index contributed by atoms with van der Waals surface area (Å²) in [6.07, 6.45) is 36.0. The number of carboxylic acid groups (broad SMARTS) is 1. The number of carbonyl (C=O) groups excluding carboxylic acids is 2. The van der Waals surface area contributed by atoms with E-state index in [4.69, 9.17) is 0 Å². The molecule has 0 heterocycles. The molecule has 6 heteroatoms. The lowest BCUT2D eigenvalue weighted by atomic mass is 10.0. The maximum Gasteiger partial charge on any atom is 0.326 e. The van der Waals surface area contributed by atoms with E-state index in [2.05, 4.69) is 24.5 Å². The fraction of sp³-hybridized carbons (Fsp3) is 0.921. The molecule has 0 fully saturated rings. The molecule has 0 rings (SSSR count). The van der Waals surface area contributed by atoms with Crippen LogP contribution in [0.2, 0.25) is 0 Å². The summed E-state index contributed by atoms with van der Waals surface area (Å²) in [5.74, 6) is -1.05. The molecule has 0 aromatic carbocycles. The van der Waals surface area contributed by atoms with Gasteiger partial charge in [0.15, 0.2) is 0 Å². The van der Waals surface area contributed by atoms with Crippen LogP contribution in [0.1, 0.15) is 213 Å². The minimum absolute atomic E-state index is 0.0924. The zero-order valence-corrected chi connectivity index (χ0v) is 29.4. The number of carbonyl (C=O) groups is 3. The molecule has 1 atom stereocenters. The van der Waals surface area contributed by atoms with Crippen molar-refractivity contribution in [3.63, 3.8) is 0 Å². The Morgan fingerprint density at radius 2 is 0.795 bits per heavy atom. The van der Waals surface area contributed by atoms with Crippen molar-refractivity contribution < 1.29 is 19.5 Å². The second kappa shape index (κ2) is 34.3. The van der Waals surface area contributed by atoms with Crippen molar-refractivity contribution in [2.75, 3.05) is 6.54 Å². The van der Waals surface area contributed by atoms with Gasteiger partial charge in [-0.25, -0.2) is 4.79 Å². The molecular weight excluding hydrogens is 548 g/mol. The van der Waals surface area contributed by atoms with E-state index in [1.165, 1.54) is 135 Å². The molecule has 6 nitrogen and oxygen atoms in total. The Bertz CT molecular complexity index is 655. The van der Waals surface area contributed by atoms with Gasteiger partial charge in [-0.1, -0.05) is 168 Å². The molecule has 0 unspecified atom stereocenters. The van der Waals surface area contributed by atoms with E-state index < -0.39 is 12.0 Å². The Morgan fingerprint density at radius 3 is 1.16 bits per heavy atom. The minimum atomic E-state index is -0.977. The minimum Gasteiger partial charge on any atom is -0.480 e. The van der Waals surface area contributed by atoms with Crippen LogP contribution in [-0.4, -0.2) is 35.5 Å². The van der Waals surface area contributed by atoms with Gasteiger partial charge in [0.05, 0.1) is 0 Å². The fourth-order valence-corrected chi connectivity index (χ4v) is 5.92. The van der Waals surface area contributed by atoms with Crippen molar-refractivity contribution >= 4 is 17.8 Å². The standard InChI is InChI=1S/C38H74N2O4/c1-3-5-7-9-11-13-15-16-17-18-20-21-23-25-27-32-36(41)39-34-30-29-31-35(38(43)44)40-37(42)33-28-26-24-22-19-14-12-10-8-6-4-2/h35H,3-34H2,1-2H3,(H,39,41)(H,40,42)(H,43,44)/t35-/m0/s1. The van der Waals surface area contributed by atoms with Gasteiger partial charge in [0, 0.05) is 19.4 Å². The van der Waals surface area contributed by atoms with E-state index in [1.807, 2.05) is 0 Å². The topological polar surface area (TPSA) is 95.5 Å². The molecule has 0 aromatic heterocycles. The normalized spacial score (nSPS) is 11.9. The van der Waals surface area contributed by atoms with E-state index in [1.54, 1.807) is 0 Å². The number of aliphatic carboxylic acids is 1. The molecule has 2 amide bonds. The van der Waals surface area contributed by atoms with Gasteiger partial charge in [-0.05, 0) is 32.1 Å². The van der Waals surface area contributed by atoms with Crippen molar-refractivity contribution in [2.24, 2.45) is 0 Å². The smallest absolute Gasteiger partial charge is 0.326 e. The third-order valence-electron chi connectivity index (χ3n) is 8.89. The van der Waals surface area contributed by atoms with E-state index in [9.17, 15) is 19.5 Å². The number of rotatable bonds is 35. The van der Waals surface area contributed by atoms with E-state index in [0.717, 1.165) is 38.5 Å². The van der Waals surface area contributed by atoms with Gasteiger partial charge in [-0.2, -0.15) is 0 Å². The molecule has 0 aliphatic rings. The van der Waals surface area contributed by atoms with Gasteiger partial charge in [-0.15, -0.1) is 0 Å². The van der Waals surface area contributed by atoms with Crippen molar-refractivity contribution in [1.82, 2.24) is 10.6 Å². The number of nitrogens with one attached hydrogen (secondary N) is 2. The highest BCUT2D eigenvalue weighted by Crippen LogP contribution is 2.14. The monoisotopic (exact) mass is 623 g/mol. The van der Waals surface area contributed by atoms with Gasteiger partial charge < -0.3 is 15.7 Å². The maximum atomic E-state index is 12.2. The van der Waals surface area contributed by atoms with Crippen LogP contribution in [0, 0.1) is 0 Å². The summed E-state index contributed by atoms with van der Waals surface area (Å²) in [6.45, 7) is 5.08. The zero-order valence-electron chi connectivity index (χ0n) is 29.4. The van der Waals surface area contributed by atoms with Gasteiger partial charge in [0.2, 0.25) is 11.8 Å². The van der Waals surface area contributed by atoms with Crippen molar-refractivity contribution in [3.8, 4) is 0 Å². The summed E-state index contributed by atoms with van der Waals surface area (Å²) in [5.41, 5.74) is 0. The van der Waals surface area contributed by atoms with Crippen LogP contribution in [0.25, 0.3) is 0 Å².